The fourth-order valence-electron chi connectivity index (χ4n) is 3.56. The molecule has 0 amide bonds. The Morgan fingerprint density at radius 2 is 2.12 bits per heavy atom. The first-order chi connectivity index (χ1) is 11.7. The summed E-state index contributed by atoms with van der Waals surface area (Å²) in [6.45, 7) is 3.09. The summed E-state index contributed by atoms with van der Waals surface area (Å²) >= 11 is 0. The zero-order valence-electron chi connectivity index (χ0n) is 13.6. The highest BCUT2D eigenvalue weighted by molar-refractivity contribution is 5.41. The van der Waals surface area contributed by atoms with Gasteiger partial charge in [0.25, 0.3) is 0 Å². The molecule has 0 saturated carbocycles. The minimum Gasteiger partial charge on any atom is -0.385 e. The monoisotopic (exact) mass is 326 g/mol. The van der Waals surface area contributed by atoms with E-state index in [9.17, 15) is 5.11 Å². The second kappa shape index (κ2) is 6.45. The Hall–Kier alpha value is -2.05. The number of hydrogen-bond donors (Lipinski definition) is 1. The minimum atomic E-state index is -0.792. The molecule has 1 atom stereocenters. The number of aliphatic hydroxyl groups is 1. The molecular weight excluding hydrogens is 304 g/mol. The van der Waals surface area contributed by atoms with Crippen molar-refractivity contribution in [1.82, 2.24) is 15.0 Å². The first-order valence-corrected chi connectivity index (χ1v) is 8.52. The third kappa shape index (κ3) is 2.99. The fraction of sp³-hybridized carbons (Fsp3) is 0.500. The topological polar surface area (TPSA) is 71.4 Å². The van der Waals surface area contributed by atoms with E-state index in [0.717, 1.165) is 49.8 Å². The highest BCUT2D eigenvalue weighted by atomic mass is 16.5. The number of ether oxygens (including phenoxy) is 1. The Labute approximate surface area is 141 Å². The molecule has 0 bridgehead atoms. The van der Waals surface area contributed by atoms with Crippen LogP contribution in [-0.2, 0) is 10.3 Å². The summed E-state index contributed by atoms with van der Waals surface area (Å²) < 4.78 is 5.46. The van der Waals surface area contributed by atoms with E-state index in [2.05, 4.69) is 25.9 Å². The van der Waals surface area contributed by atoms with Gasteiger partial charge in [-0.05, 0) is 25.3 Å². The highest BCUT2D eigenvalue weighted by Gasteiger charge is 2.34. The van der Waals surface area contributed by atoms with E-state index in [1.165, 1.54) is 0 Å². The van der Waals surface area contributed by atoms with Gasteiger partial charge in [0.15, 0.2) is 0 Å². The molecule has 0 aliphatic carbocycles. The predicted octanol–water partition coefficient (Wildman–Crippen LogP) is 1.86. The maximum atomic E-state index is 10.9. The Bertz CT molecular complexity index is 680. The van der Waals surface area contributed by atoms with Crippen LogP contribution in [0, 0.1) is 0 Å². The summed E-state index contributed by atoms with van der Waals surface area (Å²) in [6, 6.07) is 5.90. The summed E-state index contributed by atoms with van der Waals surface area (Å²) in [7, 11) is 0. The number of pyridine rings is 1. The molecule has 2 fully saturated rings. The molecule has 2 saturated heterocycles. The lowest BCUT2D eigenvalue weighted by atomic mass is 9.85. The molecule has 2 aliphatic rings. The largest absolute Gasteiger partial charge is 0.385 e. The third-order valence-corrected chi connectivity index (χ3v) is 5.14. The highest BCUT2D eigenvalue weighted by Crippen LogP contribution is 2.34. The lowest BCUT2D eigenvalue weighted by Crippen LogP contribution is -2.43. The Balaban J connectivity index is 1.47. The van der Waals surface area contributed by atoms with Crippen LogP contribution in [0.1, 0.15) is 36.4 Å². The van der Waals surface area contributed by atoms with Crippen LogP contribution in [0.15, 0.2) is 36.9 Å². The van der Waals surface area contributed by atoms with Gasteiger partial charge in [-0.25, -0.2) is 9.97 Å². The number of aromatic nitrogens is 3. The molecule has 24 heavy (non-hydrogen) atoms. The van der Waals surface area contributed by atoms with Crippen LogP contribution in [0.2, 0.25) is 0 Å². The molecule has 4 heterocycles. The minimum absolute atomic E-state index is 0.379. The van der Waals surface area contributed by atoms with E-state index in [0.29, 0.717) is 18.8 Å². The van der Waals surface area contributed by atoms with Crippen LogP contribution in [0.5, 0.6) is 0 Å². The van der Waals surface area contributed by atoms with Gasteiger partial charge in [-0.2, -0.15) is 0 Å². The molecule has 2 aliphatic heterocycles. The summed E-state index contributed by atoms with van der Waals surface area (Å²) in [6.07, 6.45) is 7.51. The molecule has 126 valence electrons. The Kier molecular flexibility index (Phi) is 4.16. The smallest absolute Gasteiger partial charge is 0.132 e. The van der Waals surface area contributed by atoms with Gasteiger partial charge in [0, 0.05) is 49.6 Å². The molecule has 2 aromatic heterocycles. The van der Waals surface area contributed by atoms with Gasteiger partial charge in [0.2, 0.25) is 0 Å². The van der Waals surface area contributed by atoms with Gasteiger partial charge in [0.1, 0.15) is 12.1 Å². The normalized spacial score (nSPS) is 23.4. The fourth-order valence-corrected chi connectivity index (χ4v) is 3.56. The van der Waals surface area contributed by atoms with Crippen molar-refractivity contribution in [2.24, 2.45) is 0 Å². The van der Waals surface area contributed by atoms with Crippen molar-refractivity contribution >= 4 is 5.82 Å². The standard InChI is InChI=1S/C18H22N4O2/c23-18(15-2-1-6-19-11-15)4-7-22(8-5-18)17-10-16(20-13-21-17)14-3-9-24-12-14/h1-2,6,10-11,13-14,23H,3-5,7-9,12H2/t14-/m0/s1. The molecule has 2 aromatic rings. The average molecular weight is 326 g/mol. The van der Waals surface area contributed by atoms with Crippen LogP contribution in [0.4, 0.5) is 5.82 Å². The molecule has 6 nitrogen and oxygen atoms in total. The maximum Gasteiger partial charge on any atom is 0.132 e. The quantitative estimate of drug-likeness (QED) is 0.928. The number of rotatable bonds is 3. The first-order valence-electron chi connectivity index (χ1n) is 8.52. The molecular formula is C18H22N4O2. The Morgan fingerprint density at radius 3 is 2.83 bits per heavy atom. The van der Waals surface area contributed by atoms with Crippen molar-refractivity contribution in [3.8, 4) is 0 Å². The molecule has 0 aromatic carbocycles. The van der Waals surface area contributed by atoms with E-state index in [4.69, 9.17) is 4.74 Å². The van der Waals surface area contributed by atoms with Crippen molar-refractivity contribution in [3.63, 3.8) is 0 Å². The average Bonchev–Trinajstić information content (AvgIpc) is 3.18. The number of anilines is 1. The number of hydrogen-bond acceptors (Lipinski definition) is 6. The lowest BCUT2D eigenvalue weighted by Gasteiger charge is -2.39. The molecule has 1 N–H and O–H groups in total. The number of nitrogens with zero attached hydrogens (tertiary/aromatic N) is 4. The number of piperidine rings is 1. The third-order valence-electron chi connectivity index (χ3n) is 5.14. The molecule has 4 rings (SSSR count). The second-order valence-corrected chi connectivity index (χ2v) is 6.62. The van der Waals surface area contributed by atoms with Crippen molar-refractivity contribution in [3.05, 3.63) is 48.2 Å². The van der Waals surface area contributed by atoms with Gasteiger partial charge in [-0.15, -0.1) is 0 Å². The van der Waals surface area contributed by atoms with Crippen LogP contribution in [-0.4, -0.2) is 46.4 Å². The molecule has 0 spiro atoms. The van der Waals surface area contributed by atoms with Crippen molar-refractivity contribution < 1.29 is 9.84 Å². The zero-order chi connectivity index (χ0) is 16.4. The van der Waals surface area contributed by atoms with E-state index in [-0.39, 0.29) is 0 Å². The van der Waals surface area contributed by atoms with Crippen LogP contribution < -0.4 is 4.90 Å². The predicted molar refractivity (Wildman–Crippen MR) is 89.8 cm³/mol. The Morgan fingerprint density at radius 1 is 1.25 bits per heavy atom. The van der Waals surface area contributed by atoms with Crippen LogP contribution in [0.3, 0.4) is 0 Å². The van der Waals surface area contributed by atoms with Gasteiger partial charge in [-0.3, -0.25) is 4.98 Å². The lowest BCUT2D eigenvalue weighted by molar-refractivity contribution is 0.0113. The van der Waals surface area contributed by atoms with E-state index in [1.807, 2.05) is 12.1 Å². The summed E-state index contributed by atoms with van der Waals surface area (Å²) in [5.41, 5.74) is 1.17. The maximum absolute atomic E-state index is 10.9. The van der Waals surface area contributed by atoms with Gasteiger partial charge >= 0.3 is 0 Å². The van der Waals surface area contributed by atoms with E-state index < -0.39 is 5.60 Å². The zero-order valence-corrected chi connectivity index (χ0v) is 13.6. The summed E-state index contributed by atoms with van der Waals surface area (Å²) in [4.78, 5) is 15.2. The van der Waals surface area contributed by atoms with E-state index >= 15 is 0 Å². The first kappa shape index (κ1) is 15.5. The van der Waals surface area contributed by atoms with Crippen LogP contribution in [0.25, 0.3) is 0 Å². The summed E-state index contributed by atoms with van der Waals surface area (Å²) in [5, 5.41) is 10.9. The summed E-state index contributed by atoms with van der Waals surface area (Å²) in [5.74, 6) is 1.32. The van der Waals surface area contributed by atoms with E-state index in [1.54, 1.807) is 18.7 Å². The van der Waals surface area contributed by atoms with Crippen molar-refractivity contribution in [2.45, 2.75) is 30.8 Å². The molecule has 0 radical (unpaired) electrons. The van der Waals surface area contributed by atoms with Crippen molar-refractivity contribution in [2.75, 3.05) is 31.2 Å². The van der Waals surface area contributed by atoms with Crippen molar-refractivity contribution in [1.29, 1.82) is 0 Å². The molecule has 6 heteroatoms. The van der Waals surface area contributed by atoms with Gasteiger partial charge in [0.05, 0.1) is 17.9 Å². The van der Waals surface area contributed by atoms with Gasteiger partial charge in [-0.1, -0.05) is 6.07 Å². The molecule has 0 unspecified atom stereocenters. The SMILES string of the molecule is OC1(c2cccnc2)CCN(c2cc([C@H]3CCOC3)ncn2)CC1. The second-order valence-electron chi connectivity index (χ2n) is 6.62. The van der Waals surface area contributed by atoms with Gasteiger partial charge < -0.3 is 14.7 Å². The van der Waals surface area contributed by atoms with Crippen LogP contribution >= 0.6 is 0 Å².